The number of aromatic nitrogens is 4. The zero-order valence-corrected chi connectivity index (χ0v) is 16.9. The van der Waals surface area contributed by atoms with Crippen LogP contribution in [0.5, 0.6) is 0 Å². The number of nitrogens with zero attached hydrogens (tertiary/aromatic N) is 4. The molecule has 1 aromatic carbocycles. The van der Waals surface area contributed by atoms with E-state index in [-0.39, 0.29) is 21.7 Å². The number of thioether (sulfide) groups is 1. The summed E-state index contributed by atoms with van der Waals surface area (Å²) in [5, 5.41) is 10.6. The fraction of sp³-hybridized carbons (Fsp3) is 0.158. The quantitative estimate of drug-likeness (QED) is 0.439. The number of hydrogen-bond acceptors (Lipinski definition) is 5. The Morgan fingerprint density at radius 2 is 2.03 bits per heavy atom. The van der Waals surface area contributed by atoms with Gasteiger partial charge in [-0.15, -0.1) is 10.2 Å². The molecule has 1 unspecified atom stereocenters. The summed E-state index contributed by atoms with van der Waals surface area (Å²) in [5.74, 6) is -0.342. The van der Waals surface area contributed by atoms with Gasteiger partial charge in [-0.25, -0.2) is 0 Å². The Bertz CT molecular complexity index is 1250. The molecular formula is C19H13ClF3N5OS. The van der Waals surface area contributed by atoms with Gasteiger partial charge in [-0.1, -0.05) is 29.4 Å². The minimum Gasteiger partial charge on any atom is -0.324 e. The topological polar surface area (TPSA) is 72.2 Å². The van der Waals surface area contributed by atoms with E-state index in [1.54, 1.807) is 31.3 Å². The van der Waals surface area contributed by atoms with Gasteiger partial charge in [0.1, 0.15) is 0 Å². The average Bonchev–Trinajstić information content (AvgIpc) is 3.11. The molecular weight excluding hydrogens is 439 g/mol. The third-order valence-corrected chi connectivity index (χ3v) is 5.65. The van der Waals surface area contributed by atoms with Gasteiger partial charge in [-0.3, -0.25) is 14.2 Å². The third-order valence-electron chi connectivity index (χ3n) is 4.31. The van der Waals surface area contributed by atoms with E-state index in [9.17, 15) is 18.0 Å². The van der Waals surface area contributed by atoms with Crippen molar-refractivity contribution in [3.63, 3.8) is 0 Å². The Morgan fingerprint density at radius 3 is 2.80 bits per heavy atom. The molecule has 4 aromatic rings. The van der Waals surface area contributed by atoms with E-state index in [0.29, 0.717) is 5.69 Å². The first-order chi connectivity index (χ1) is 14.2. The Morgan fingerprint density at radius 1 is 1.23 bits per heavy atom. The first-order valence-corrected chi connectivity index (χ1v) is 9.92. The molecule has 0 radical (unpaired) electrons. The average molecular weight is 452 g/mol. The molecule has 1 N–H and O–H groups in total. The van der Waals surface area contributed by atoms with Crippen LogP contribution < -0.4 is 5.32 Å². The molecule has 0 aliphatic heterocycles. The van der Waals surface area contributed by atoms with Crippen molar-refractivity contribution in [1.29, 1.82) is 0 Å². The smallest absolute Gasteiger partial charge is 0.324 e. The molecule has 0 saturated heterocycles. The predicted octanol–water partition coefficient (Wildman–Crippen LogP) is 5.07. The normalized spacial score (nSPS) is 13.0. The number of halogens is 4. The maximum Gasteiger partial charge on any atom is 0.417 e. The number of fused-ring (bicyclic) bond motifs is 2. The molecule has 3 heterocycles. The Hall–Kier alpha value is -2.85. The molecule has 3 aromatic heterocycles. The fourth-order valence-electron chi connectivity index (χ4n) is 2.83. The highest BCUT2D eigenvalue weighted by Crippen LogP contribution is 2.34. The van der Waals surface area contributed by atoms with E-state index >= 15 is 0 Å². The zero-order valence-electron chi connectivity index (χ0n) is 15.3. The van der Waals surface area contributed by atoms with Crippen LogP contribution in [0.4, 0.5) is 18.9 Å². The zero-order chi connectivity index (χ0) is 21.5. The molecule has 0 bridgehead atoms. The summed E-state index contributed by atoms with van der Waals surface area (Å²) < 4.78 is 40.5. The molecule has 0 fully saturated rings. The number of carbonyl (C=O) groups is 1. The van der Waals surface area contributed by atoms with E-state index in [1.807, 2.05) is 12.1 Å². The number of anilines is 1. The standard InChI is InChI=1S/C19H13ClF3N5OS/c1-10(17(29)25-15-6-2-5-14-12(15)4-3-7-24-14)30-18-27-26-16-13(20)8-11(9-28(16)18)19(21,22)23/h2-10H,1H3,(H,25,29). The van der Waals surface area contributed by atoms with Gasteiger partial charge < -0.3 is 5.32 Å². The molecule has 4 rings (SSSR count). The van der Waals surface area contributed by atoms with Crippen LogP contribution in [0.3, 0.4) is 0 Å². The number of carbonyl (C=O) groups excluding carboxylic acids is 1. The molecule has 1 atom stereocenters. The predicted molar refractivity (Wildman–Crippen MR) is 109 cm³/mol. The van der Waals surface area contributed by atoms with E-state index in [1.165, 1.54) is 0 Å². The summed E-state index contributed by atoms with van der Waals surface area (Å²) in [6, 6.07) is 9.75. The summed E-state index contributed by atoms with van der Waals surface area (Å²) in [6.45, 7) is 1.62. The Labute approximate surface area is 177 Å². The lowest BCUT2D eigenvalue weighted by Gasteiger charge is -2.13. The van der Waals surface area contributed by atoms with Crippen LogP contribution in [-0.2, 0) is 11.0 Å². The van der Waals surface area contributed by atoms with Crippen molar-refractivity contribution in [2.24, 2.45) is 0 Å². The van der Waals surface area contributed by atoms with Gasteiger partial charge in [0.05, 0.1) is 27.0 Å². The number of nitrogens with one attached hydrogen (secondary N) is 1. The third kappa shape index (κ3) is 3.92. The van der Waals surface area contributed by atoms with E-state index in [0.717, 1.165) is 39.3 Å². The van der Waals surface area contributed by atoms with Crippen molar-refractivity contribution in [3.05, 3.63) is 59.4 Å². The number of rotatable bonds is 4. The van der Waals surface area contributed by atoms with E-state index in [4.69, 9.17) is 11.6 Å². The fourth-order valence-corrected chi connectivity index (χ4v) is 3.90. The monoisotopic (exact) mass is 451 g/mol. The highest BCUT2D eigenvalue weighted by atomic mass is 35.5. The number of alkyl halides is 3. The van der Waals surface area contributed by atoms with E-state index in [2.05, 4.69) is 20.5 Å². The van der Waals surface area contributed by atoms with Crippen molar-refractivity contribution < 1.29 is 18.0 Å². The van der Waals surface area contributed by atoms with Crippen LogP contribution in [0.1, 0.15) is 12.5 Å². The van der Waals surface area contributed by atoms with Gasteiger partial charge in [-0.2, -0.15) is 13.2 Å². The molecule has 0 spiro atoms. The van der Waals surface area contributed by atoms with Gasteiger partial charge in [0, 0.05) is 17.8 Å². The van der Waals surface area contributed by atoms with Crippen molar-refractivity contribution >= 4 is 51.5 Å². The molecule has 0 saturated carbocycles. The number of benzene rings is 1. The van der Waals surface area contributed by atoms with E-state index < -0.39 is 17.0 Å². The van der Waals surface area contributed by atoms with Gasteiger partial charge in [0.25, 0.3) is 0 Å². The van der Waals surface area contributed by atoms with Gasteiger partial charge in [-0.05, 0) is 37.3 Å². The molecule has 1 amide bonds. The first-order valence-electron chi connectivity index (χ1n) is 8.67. The van der Waals surface area contributed by atoms with Crippen LogP contribution in [0.15, 0.2) is 53.9 Å². The van der Waals surface area contributed by atoms with Gasteiger partial charge in [0.15, 0.2) is 10.8 Å². The molecule has 154 valence electrons. The van der Waals surface area contributed by atoms with Crippen molar-refractivity contribution in [2.75, 3.05) is 5.32 Å². The maximum atomic E-state index is 13.1. The van der Waals surface area contributed by atoms with Crippen LogP contribution in [0.25, 0.3) is 16.6 Å². The van der Waals surface area contributed by atoms with Gasteiger partial charge in [0.2, 0.25) is 5.91 Å². The molecule has 6 nitrogen and oxygen atoms in total. The van der Waals surface area contributed by atoms with Crippen LogP contribution >= 0.6 is 23.4 Å². The van der Waals surface area contributed by atoms with Crippen LogP contribution in [0.2, 0.25) is 5.02 Å². The highest BCUT2D eigenvalue weighted by Gasteiger charge is 2.32. The summed E-state index contributed by atoms with van der Waals surface area (Å²) in [7, 11) is 0. The first kappa shape index (κ1) is 20.4. The summed E-state index contributed by atoms with van der Waals surface area (Å²) >= 11 is 6.90. The summed E-state index contributed by atoms with van der Waals surface area (Å²) in [4.78, 5) is 16.9. The minimum absolute atomic E-state index is 0.0832. The minimum atomic E-state index is -4.57. The largest absolute Gasteiger partial charge is 0.417 e. The Balaban J connectivity index is 1.59. The van der Waals surface area contributed by atoms with Gasteiger partial charge >= 0.3 is 6.18 Å². The van der Waals surface area contributed by atoms with Crippen LogP contribution in [-0.4, -0.2) is 30.7 Å². The number of hydrogen-bond donors (Lipinski definition) is 1. The summed E-state index contributed by atoms with van der Waals surface area (Å²) in [5.41, 5.74) is 0.474. The maximum absolute atomic E-state index is 13.1. The molecule has 0 aliphatic carbocycles. The Kier molecular flexibility index (Phi) is 5.29. The second kappa shape index (κ2) is 7.77. The number of pyridine rings is 2. The highest BCUT2D eigenvalue weighted by molar-refractivity contribution is 8.00. The summed E-state index contributed by atoms with van der Waals surface area (Å²) in [6.07, 6.45) is -2.05. The van der Waals surface area contributed by atoms with Crippen LogP contribution in [0, 0.1) is 0 Å². The molecule has 30 heavy (non-hydrogen) atoms. The number of amides is 1. The lowest BCUT2D eigenvalue weighted by Crippen LogP contribution is -2.22. The molecule has 0 aliphatic rings. The van der Waals surface area contributed by atoms with Crippen molar-refractivity contribution in [2.45, 2.75) is 23.5 Å². The lowest BCUT2D eigenvalue weighted by atomic mass is 10.2. The second-order valence-corrected chi connectivity index (χ2v) is 8.09. The second-order valence-electron chi connectivity index (χ2n) is 6.38. The lowest BCUT2D eigenvalue weighted by molar-refractivity contribution is -0.137. The molecule has 11 heteroatoms. The van der Waals surface area contributed by atoms with Crippen molar-refractivity contribution in [3.8, 4) is 0 Å². The SMILES string of the molecule is CC(Sc1nnc2c(Cl)cc(C(F)(F)F)cn12)C(=O)Nc1cccc2ncccc12. The van der Waals surface area contributed by atoms with Crippen molar-refractivity contribution in [1.82, 2.24) is 19.6 Å².